The van der Waals surface area contributed by atoms with Gasteiger partial charge in [0.2, 0.25) is 0 Å². The Balaban J connectivity index is 3.81. The standard InChI is InChI=1S/C13H23NO4/c1-5-6-7-14-11(3)9-18-13(16)10(2)8-12(15)17-4/h11,14H,2,5-9H2,1,3-4H3. The predicted octanol–water partition coefficient (Wildman–Crippen LogP) is 1.43. The van der Waals surface area contributed by atoms with Gasteiger partial charge in [0.1, 0.15) is 6.61 Å². The Bertz CT molecular complexity index is 289. The first-order chi connectivity index (χ1) is 8.51. The van der Waals surface area contributed by atoms with E-state index in [4.69, 9.17) is 4.74 Å². The van der Waals surface area contributed by atoms with Crippen LogP contribution in [0.2, 0.25) is 0 Å². The average molecular weight is 257 g/mol. The van der Waals surface area contributed by atoms with Gasteiger partial charge in [-0.2, -0.15) is 0 Å². The average Bonchev–Trinajstić information content (AvgIpc) is 2.35. The molecule has 0 rings (SSSR count). The molecule has 0 saturated heterocycles. The molecule has 0 aromatic heterocycles. The summed E-state index contributed by atoms with van der Waals surface area (Å²) in [5, 5.41) is 3.23. The largest absolute Gasteiger partial charge is 0.469 e. The van der Waals surface area contributed by atoms with Crippen LogP contribution in [0, 0.1) is 0 Å². The number of ether oxygens (including phenoxy) is 2. The minimum Gasteiger partial charge on any atom is -0.469 e. The number of carbonyl (C=O) groups excluding carboxylic acids is 2. The third kappa shape index (κ3) is 7.84. The minimum absolute atomic E-state index is 0.0893. The van der Waals surface area contributed by atoms with E-state index < -0.39 is 11.9 Å². The van der Waals surface area contributed by atoms with Gasteiger partial charge in [0.15, 0.2) is 0 Å². The van der Waals surface area contributed by atoms with Gasteiger partial charge in [-0.3, -0.25) is 4.79 Å². The lowest BCUT2D eigenvalue weighted by molar-refractivity contribution is -0.144. The van der Waals surface area contributed by atoms with E-state index in [1.54, 1.807) is 0 Å². The maximum atomic E-state index is 11.5. The number of carbonyl (C=O) groups is 2. The highest BCUT2D eigenvalue weighted by Crippen LogP contribution is 2.03. The van der Waals surface area contributed by atoms with Gasteiger partial charge in [-0.25, -0.2) is 4.79 Å². The molecule has 0 bridgehead atoms. The van der Waals surface area contributed by atoms with Gasteiger partial charge in [-0.1, -0.05) is 19.9 Å². The summed E-state index contributed by atoms with van der Waals surface area (Å²) >= 11 is 0. The molecule has 0 aliphatic heterocycles. The highest BCUT2D eigenvalue weighted by atomic mass is 16.5. The Hall–Kier alpha value is -1.36. The van der Waals surface area contributed by atoms with Crippen molar-refractivity contribution in [3.05, 3.63) is 12.2 Å². The zero-order valence-electron chi connectivity index (χ0n) is 11.5. The van der Waals surface area contributed by atoms with E-state index in [9.17, 15) is 9.59 Å². The molecule has 0 aromatic carbocycles. The van der Waals surface area contributed by atoms with Crippen LogP contribution in [0.5, 0.6) is 0 Å². The summed E-state index contributed by atoms with van der Waals surface area (Å²) < 4.78 is 9.48. The minimum atomic E-state index is -0.551. The van der Waals surface area contributed by atoms with E-state index in [1.165, 1.54) is 7.11 Å². The van der Waals surface area contributed by atoms with Crippen LogP contribution < -0.4 is 5.32 Å². The Morgan fingerprint density at radius 2 is 2.06 bits per heavy atom. The molecule has 0 amide bonds. The first-order valence-corrected chi connectivity index (χ1v) is 6.16. The van der Waals surface area contributed by atoms with Crippen molar-refractivity contribution in [2.45, 2.75) is 39.2 Å². The molecule has 0 aromatic rings. The van der Waals surface area contributed by atoms with Gasteiger partial charge in [-0.05, 0) is 19.9 Å². The zero-order chi connectivity index (χ0) is 14.0. The maximum Gasteiger partial charge on any atom is 0.334 e. The molecule has 18 heavy (non-hydrogen) atoms. The van der Waals surface area contributed by atoms with E-state index in [-0.39, 0.29) is 24.6 Å². The normalized spacial score (nSPS) is 11.7. The molecule has 1 unspecified atom stereocenters. The van der Waals surface area contributed by atoms with Crippen molar-refractivity contribution < 1.29 is 19.1 Å². The quantitative estimate of drug-likeness (QED) is 0.384. The van der Waals surface area contributed by atoms with Crippen LogP contribution in [0.1, 0.15) is 33.1 Å². The van der Waals surface area contributed by atoms with Gasteiger partial charge in [0.05, 0.1) is 13.5 Å². The predicted molar refractivity (Wildman–Crippen MR) is 69.1 cm³/mol. The first-order valence-electron chi connectivity index (χ1n) is 6.16. The number of hydrogen-bond acceptors (Lipinski definition) is 5. The first kappa shape index (κ1) is 16.6. The van der Waals surface area contributed by atoms with Crippen molar-refractivity contribution in [1.29, 1.82) is 0 Å². The summed E-state index contributed by atoms with van der Waals surface area (Å²) in [6.07, 6.45) is 2.08. The molecular formula is C13H23NO4. The van der Waals surface area contributed by atoms with Gasteiger partial charge >= 0.3 is 11.9 Å². The number of nitrogens with one attached hydrogen (secondary N) is 1. The van der Waals surface area contributed by atoms with Crippen LogP contribution in [0.15, 0.2) is 12.2 Å². The van der Waals surface area contributed by atoms with Crippen molar-refractivity contribution in [2.24, 2.45) is 0 Å². The molecule has 0 aliphatic rings. The van der Waals surface area contributed by atoms with Crippen molar-refractivity contribution >= 4 is 11.9 Å². The van der Waals surface area contributed by atoms with E-state index in [0.717, 1.165) is 19.4 Å². The fourth-order valence-electron chi connectivity index (χ4n) is 1.21. The lowest BCUT2D eigenvalue weighted by Gasteiger charge is -2.14. The van der Waals surface area contributed by atoms with E-state index in [2.05, 4.69) is 23.6 Å². The van der Waals surface area contributed by atoms with Crippen LogP contribution in [0.25, 0.3) is 0 Å². The number of esters is 2. The molecule has 0 radical (unpaired) electrons. The van der Waals surface area contributed by atoms with E-state index >= 15 is 0 Å². The molecule has 5 heteroatoms. The Morgan fingerprint density at radius 1 is 1.39 bits per heavy atom. The molecule has 1 atom stereocenters. The fourth-order valence-corrected chi connectivity index (χ4v) is 1.21. The highest BCUT2D eigenvalue weighted by molar-refractivity contribution is 5.93. The van der Waals surface area contributed by atoms with Gasteiger partial charge < -0.3 is 14.8 Å². The highest BCUT2D eigenvalue weighted by Gasteiger charge is 2.14. The zero-order valence-corrected chi connectivity index (χ0v) is 11.5. The second-order valence-corrected chi connectivity index (χ2v) is 4.16. The van der Waals surface area contributed by atoms with Crippen molar-refractivity contribution in [3.63, 3.8) is 0 Å². The number of rotatable bonds is 9. The van der Waals surface area contributed by atoms with Gasteiger partial charge in [0.25, 0.3) is 0 Å². The molecular weight excluding hydrogens is 234 g/mol. The topological polar surface area (TPSA) is 64.6 Å². The summed E-state index contributed by atoms with van der Waals surface area (Å²) in [6.45, 7) is 8.72. The molecule has 0 fully saturated rings. The van der Waals surface area contributed by atoms with Crippen LogP contribution in [0.3, 0.4) is 0 Å². The summed E-state index contributed by atoms with van der Waals surface area (Å²) in [4.78, 5) is 22.4. The van der Waals surface area contributed by atoms with Crippen LogP contribution in [-0.2, 0) is 19.1 Å². The van der Waals surface area contributed by atoms with Gasteiger partial charge in [0, 0.05) is 11.6 Å². The van der Waals surface area contributed by atoms with Crippen LogP contribution in [0.4, 0.5) is 0 Å². The van der Waals surface area contributed by atoms with Crippen molar-refractivity contribution in [3.8, 4) is 0 Å². The van der Waals surface area contributed by atoms with Gasteiger partial charge in [-0.15, -0.1) is 0 Å². The number of unbranched alkanes of at least 4 members (excludes halogenated alkanes) is 1. The summed E-state index contributed by atoms with van der Waals surface area (Å²) in [6, 6.07) is 0.0893. The Morgan fingerprint density at radius 3 is 2.61 bits per heavy atom. The lowest BCUT2D eigenvalue weighted by atomic mass is 10.2. The van der Waals surface area contributed by atoms with E-state index in [1.807, 2.05) is 6.92 Å². The van der Waals surface area contributed by atoms with Crippen LogP contribution in [-0.4, -0.2) is 38.2 Å². The number of hydrogen-bond donors (Lipinski definition) is 1. The molecule has 5 nitrogen and oxygen atoms in total. The Labute approximate surface area is 109 Å². The molecule has 104 valence electrons. The maximum absolute atomic E-state index is 11.5. The lowest BCUT2D eigenvalue weighted by Crippen LogP contribution is -2.32. The third-order valence-corrected chi connectivity index (χ3v) is 2.36. The second-order valence-electron chi connectivity index (χ2n) is 4.16. The van der Waals surface area contributed by atoms with Crippen LogP contribution >= 0.6 is 0 Å². The molecule has 0 saturated carbocycles. The summed E-state index contributed by atoms with van der Waals surface area (Å²) in [5.74, 6) is -1.05. The van der Waals surface area contributed by atoms with Crippen molar-refractivity contribution in [2.75, 3.05) is 20.3 Å². The van der Waals surface area contributed by atoms with E-state index in [0.29, 0.717) is 0 Å². The summed E-state index contributed by atoms with van der Waals surface area (Å²) in [5.41, 5.74) is 0.114. The molecule has 0 heterocycles. The molecule has 0 spiro atoms. The SMILES string of the molecule is C=C(CC(=O)OC)C(=O)OCC(C)NCCCC. The summed E-state index contributed by atoms with van der Waals surface area (Å²) in [7, 11) is 1.26. The number of methoxy groups -OCH3 is 1. The monoisotopic (exact) mass is 257 g/mol. The van der Waals surface area contributed by atoms with Crippen molar-refractivity contribution in [1.82, 2.24) is 5.32 Å². The second kappa shape index (κ2) is 9.65. The molecule has 0 aliphatic carbocycles. The fraction of sp³-hybridized carbons (Fsp3) is 0.692. The molecule has 1 N–H and O–H groups in total. The Kier molecular flexibility index (Phi) is 8.92. The third-order valence-electron chi connectivity index (χ3n) is 2.36. The smallest absolute Gasteiger partial charge is 0.334 e.